The van der Waals surface area contributed by atoms with Gasteiger partial charge in [-0.2, -0.15) is 0 Å². The first-order valence-electron chi connectivity index (χ1n) is 9.53. The topological polar surface area (TPSA) is 109 Å². The number of hydrogen-bond donors (Lipinski definition) is 2. The van der Waals surface area contributed by atoms with Gasteiger partial charge in [-0.15, -0.1) is 0 Å². The molecule has 2 aliphatic rings. The minimum absolute atomic E-state index is 0.0206. The highest BCUT2D eigenvalue weighted by molar-refractivity contribution is 9.10. The van der Waals surface area contributed by atoms with Crippen LogP contribution in [-0.4, -0.2) is 20.2 Å². The minimum Gasteiger partial charge on any atom is -0.362 e. The van der Waals surface area contributed by atoms with E-state index in [-0.39, 0.29) is 18.1 Å². The Hall–Kier alpha value is -3.21. The molecule has 2 aliphatic heterocycles. The van der Waals surface area contributed by atoms with Crippen LogP contribution >= 0.6 is 15.9 Å². The minimum atomic E-state index is -2.06. The molecule has 0 fully saturated rings. The normalized spacial score (nSPS) is 19.5. The quantitative estimate of drug-likeness (QED) is 0.502. The number of nitrogens with zero attached hydrogens (tertiary/aromatic N) is 5. The molecule has 0 saturated carbocycles. The van der Waals surface area contributed by atoms with Gasteiger partial charge < -0.3 is 10.0 Å². The van der Waals surface area contributed by atoms with Gasteiger partial charge in [0.05, 0.1) is 29.2 Å². The summed E-state index contributed by atoms with van der Waals surface area (Å²) in [6.45, 7) is 0.138. The van der Waals surface area contributed by atoms with Gasteiger partial charge in [0.25, 0.3) is 5.56 Å². The maximum atomic E-state index is 13.3. The van der Waals surface area contributed by atoms with Crippen LogP contribution < -0.4 is 27.0 Å². The van der Waals surface area contributed by atoms with Crippen molar-refractivity contribution in [1.29, 1.82) is 0 Å². The van der Waals surface area contributed by atoms with Gasteiger partial charge in [-0.1, -0.05) is 40.2 Å². The average Bonchev–Trinajstić information content (AvgIpc) is 2.92. The van der Waals surface area contributed by atoms with Gasteiger partial charge in [0, 0.05) is 24.1 Å². The molecular formula is C21H19BrN6O3. The lowest BCUT2D eigenvalue weighted by molar-refractivity contribution is 0.0875. The van der Waals surface area contributed by atoms with Crippen LogP contribution in [0.2, 0.25) is 0 Å². The molecule has 31 heavy (non-hydrogen) atoms. The maximum Gasteiger partial charge on any atom is 0.330 e. The summed E-state index contributed by atoms with van der Waals surface area (Å²) in [6.07, 6.45) is 0. The fourth-order valence-corrected chi connectivity index (χ4v) is 4.44. The van der Waals surface area contributed by atoms with Gasteiger partial charge in [-0.05, 0) is 24.3 Å². The van der Waals surface area contributed by atoms with E-state index in [1.165, 1.54) is 16.6 Å². The van der Waals surface area contributed by atoms with Crippen molar-refractivity contribution in [3.05, 3.63) is 90.7 Å². The molecule has 158 valence electrons. The molecule has 1 aromatic heterocycles. The number of nitrogens with two attached hydrogens (primary N) is 1. The summed E-state index contributed by atoms with van der Waals surface area (Å²) in [7, 11) is 2.96. The van der Waals surface area contributed by atoms with Crippen molar-refractivity contribution in [2.45, 2.75) is 12.3 Å². The van der Waals surface area contributed by atoms with E-state index < -0.39 is 17.0 Å². The van der Waals surface area contributed by atoms with Crippen LogP contribution in [0.15, 0.2) is 67.6 Å². The monoisotopic (exact) mass is 482 g/mol. The van der Waals surface area contributed by atoms with E-state index in [4.69, 9.17) is 5.84 Å². The van der Waals surface area contributed by atoms with E-state index in [0.29, 0.717) is 16.9 Å². The predicted octanol–water partition coefficient (Wildman–Crippen LogP) is 1.11. The summed E-state index contributed by atoms with van der Waals surface area (Å²) in [6, 6.07) is 14.3. The lowest BCUT2D eigenvalue weighted by atomic mass is 9.94. The summed E-state index contributed by atoms with van der Waals surface area (Å²) in [4.78, 5) is 32.4. The van der Waals surface area contributed by atoms with E-state index in [1.54, 1.807) is 36.2 Å². The lowest BCUT2D eigenvalue weighted by Gasteiger charge is -2.26. The molecule has 1 atom stereocenters. The zero-order valence-corrected chi connectivity index (χ0v) is 18.4. The SMILES string of the molecule is Cn1c2c(c(=O)n(C)c1=O)[C@](O)(c1ccc(Br)cc1)N=C1N(N)c3ccccc3N1C2. The molecular weight excluding hydrogens is 464 g/mol. The number of aliphatic imine (C=N–C) groups is 1. The molecule has 2 aromatic carbocycles. The highest BCUT2D eigenvalue weighted by Gasteiger charge is 2.45. The molecule has 0 aliphatic carbocycles. The molecule has 3 aromatic rings. The van der Waals surface area contributed by atoms with Crippen LogP contribution in [0.25, 0.3) is 0 Å². The molecule has 0 amide bonds. The molecule has 9 nitrogen and oxygen atoms in total. The Kier molecular flexibility index (Phi) is 4.23. The molecule has 10 heteroatoms. The van der Waals surface area contributed by atoms with Crippen LogP contribution in [0, 0.1) is 0 Å². The number of benzene rings is 2. The highest BCUT2D eigenvalue weighted by Crippen LogP contribution is 2.42. The van der Waals surface area contributed by atoms with Crippen molar-refractivity contribution < 1.29 is 5.11 Å². The molecule has 0 spiro atoms. The molecule has 0 saturated heterocycles. The number of aliphatic hydroxyl groups is 1. The van der Waals surface area contributed by atoms with Crippen LogP contribution in [-0.2, 0) is 26.4 Å². The first-order chi connectivity index (χ1) is 14.7. The number of fused-ring (bicyclic) bond motifs is 4. The second-order valence-electron chi connectivity index (χ2n) is 7.56. The largest absolute Gasteiger partial charge is 0.362 e. The second-order valence-corrected chi connectivity index (χ2v) is 8.48. The Bertz CT molecular complexity index is 1380. The van der Waals surface area contributed by atoms with Crippen molar-refractivity contribution in [3.8, 4) is 0 Å². The number of para-hydroxylation sites is 2. The van der Waals surface area contributed by atoms with Gasteiger partial charge in [-0.3, -0.25) is 13.9 Å². The van der Waals surface area contributed by atoms with Crippen LogP contribution in [0.4, 0.5) is 11.4 Å². The molecule has 3 N–H and O–H groups in total. The third-order valence-corrected chi connectivity index (χ3v) is 6.37. The number of guanidine groups is 1. The van der Waals surface area contributed by atoms with Crippen molar-refractivity contribution in [3.63, 3.8) is 0 Å². The predicted molar refractivity (Wildman–Crippen MR) is 121 cm³/mol. The Morgan fingerprint density at radius 1 is 1.03 bits per heavy atom. The van der Waals surface area contributed by atoms with Gasteiger partial charge in [-0.25, -0.2) is 20.6 Å². The highest BCUT2D eigenvalue weighted by atomic mass is 79.9. The van der Waals surface area contributed by atoms with Gasteiger partial charge in [0.15, 0.2) is 0 Å². The number of hydrazine groups is 1. The van der Waals surface area contributed by atoms with Crippen molar-refractivity contribution in [1.82, 2.24) is 9.13 Å². The molecule has 3 heterocycles. The van der Waals surface area contributed by atoms with E-state index in [1.807, 2.05) is 24.3 Å². The van der Waals surface area contributed by atoms with Crippen LogP contribution in [0.1, 0.15) is 16.8 Å². The second kappa shape index (κ2) is 6.64. The van der Waals surface area contributed by atoms with E-state index in [2.05, 4.69) is 20.9 Å². The van der Waals surface area contributed by atoms with Crippen molar-refractivity contribution >= 4 is 33.3 Å². The molecule has 0 radical (unpaired) electrons. The third kappa shape index (κ3) is 2.65. The zero-order chi connectivity index (χ0) is 22.1. The average molecular weight is 483 g/mol. The standard InChI is InChI=1S/C21H19BrN6O3/c1-25-16-11-27-14-5-3-4-6-15(14)28(23)19(27)24-21(31,12-7-9-13(22)10-8-12)17(16)18(29)26(2)20(25)30/h3-10,31H,11,23H2,1-2H3/t21-/m1/s1. The summed E-state index contributed by atoms with van der Waals surface area (Å²) in [5.74, 6) is 6.63. The molecule has 5 rings (SSSR count). The number of aromatic nitrogens is 2. The third-order valence-electron chi connectivity index (χ3n) is 5.84. The Morgan fingerprint density at radius 2 is 1.68 bits per heavy atom. The zero-order valence-electron chi connectivity index (χ0n) is 16.8. The van der Waals surface area contributed by atoms with Crippen molar-refractivity contribution in [2.24, 2.45) is 24.9 Å². The Balaban J connectivity index is 1.90. The maximum absolute atomic E-state index is 13.3. The lowest BCUT2D eigenvalue weighted by Crippen LogP contribution is -2.46. The summed E-state index contributed by atoms with van der Waals surface area (Å²) in [5.41, 5.74) is -0.908. The number of halogens is 1. The van der Waals surface area contributed by atoms with Crippen LogP contribution in [0.3, 0.4) is 0 Å². The van der Waals surface area contributed by atoms with E-state index in [0.717, 1.165) is 14.7 Å². The van der Waals surface area contributed by atoms with Gasteiger partial charge in [0.1, 0.15) is 0 Å². The Labute approximate surface area is 185 Å². The van der Waals surface area contributed by atoms with Gasteiger partial charge in [0.2, 0.25) is 11.7 Å². The smallest absolute Gasteiger partial charge is 0.330 e. The van der Waals surface area contributed by atoms with Gasteiger partial charge >= 0.3 is 5.69 Å². The fourth-order valence-electron chi connectivity index (χ4n) is 4.17. The van der Waals surface area contributed by atoms with E-state index >= 15 is 0 Å². The number of anilines is 2. The summed E-state index contributed by atoms with van der Waals surface area (Å²) >= 11 is 3.39. The summed E-state index contributed by atoms with van der Waals surface area (Å²) < 4.78 is 3.17. The summed E-state index contributed by atoms with van der Waals surface area (Å²) in [5, 5.41) is 13.4. The number of hydrogen-bond acceptors (Lipinski definition) is 7. The molecule has 0 unspecified atom stereocenters. The number of rotatable bonds is 1. The Morgan fingerprint density at radius 3 is 2.35 bits per heavy atom. The first kappa shape index (κ1) is 19.7. The van der Waals surface area contributed by atoms with E-state index in [9.17, 15) is 14.7 Å². The molecule has 0 bridgehead atoms. The fraction of sp³-hybridized carbons (Fsp3) is 0.190. The van der Waals surface area contributed by atoms with Crippen molar-refractivity contribution in [2.75, 3.05) is 9.91 Å². The first-order valence-corrected chi connectivity index (χ1v) is 10.3. The van der Waals surface area contributed by atoms with Crippen LogP contribution in [0.5, 0.6) is 0 Å².